The van der Waals surface area contributed by atoms with E-state index in [4.69, 9.17) is 0 Å². The first-order valence-electron chi connectivity index (χ1n) is 5.83. The van der Waals surface area contributed by atoms with Crippen molar-refractivity contribution in [2.24, 2.45) is 0 Å². The number of carboxylic acid groups (broad SMARTS) is 1. The highest BCUT2D eigenvalue weighted by Gasteiger charge is 2.20. The first-order valence-corrected chi connectivity index (χ1v) is 6.71. The molecule has 0 bridgehead atoms. The number of aromatic carboxylic acids is 1. The molecule has 2 N–H and O–H groups in total. The lowest BCUT2D eigenvalue weighted by Crippen LogP contribution is -2.11. The number of benzene rings is 1. The lowest BCUT2D eigenvalue weighted by Gasteiger charge is -2.04. The maximum Gasteiger partial charge on any atom is 0.339 e. The third kappa shape index (κ3) is 2.82. The van der Waals surface area contributed by atoms with Gasteiger partial charge in [0.15, 0.2) is 0 Å². The second-order valence-electron chi connectivity index (χ2n) is 3.93. The Labute approximate surface area is 114 Å². The molecule has 0 aliphatic rings. The standard InChI is InChI=1S/C14H13NO3S/c1-2-11(16)15-13-12(14(17)18)10(8-19-13)9-6-4-3-5-7-9/h3-8H,2H2,1H3,(H,15,16)(H,17,18). The van der Waals surface area contributed by atoms with Crippen LogP contribution in [-0.4, -0.2) is 17.0 Å². The number of carboxylic acids is 1. The fourth-order valence-electron chi connectivity index (χ4n) is 1.71. The third-order valence-corrected chi connectivity index (χ3v) is 3.56. The molecule has 0 aliphatic carbocycles. The van der Waals surface area contributed by atoms with Gasteiger partial charge in [-0.3, -0.25) is 4.79 Å². The van der Waals surface area contributed by atoms with E-state index in [9.17, 15) is 14.7 Å². The maximum absolute atomic E-state index is 11.4. The van der Waals surface area contributed by atoms with E-state index in [0.29, 0.717) is 17.0 Å². The quantitative estimate of drug-likeness (QED) is 0.898. The summed E-state index contributed by atoms with van der Waals surface area (Å²) in [6.45, 7) is 1.72. The molecule has 0 unspecified atom stereocenters. The molecule has 2 rings (SSSR count). The first kappa shape index (κ1) is 13.3. The van der Waals surface area contributed by atoms with Crippen LogP contribution in [-0.2, 0) is 4.79 Å². The minimum Gasteiger partial charge on any atom is -0.478 e. The van der Waals surface area contributed by atoms with E-state index in [2.05, 4.69) is 5.32 Å². The van der Waals surface area contributed by atoms with Gasteiger partial charge < -0.3 is 10.4 Å². The van der Waals surface area contributed by atoms with Crippen LogP contribution in [0.1, 0.15) is 23.7 Å². The molecule has 2 aromatic rings. The summed E-state index contributed by atoms with van der Waals surface area (Å²) in [6.07, 6.45) is 0.317. The smallest absolute Gasteiger partial charge is 0.339 e. The van der Waals surface area contributed by atoms with Crippen LogP contribution in [0.25, 0.3) is 11.1 Å². The van der Waals surface area contributed by atoms with Crippen molar-refractivity contribution in [3.63, 3.8) is 0 Å². The lowest BCUT2D eigenvalue weighted by atomic mass is 10.0. The van der Waals surface area contributed by atoms with Crippen molar-refractivity contribution in [1.29, 1.82) is 0 Å². The maximum atomic E-state index is 11.4. The number of hydrogen-bond donors (Lipinski definition) is 2. The van der Waals surface area contributed by atoms with Crippen molar-refractivity contribution in [1.82, 2.24) is 0 Å². The molecule has 0 spiro atoms. The summed E-state index contributed by atoms with van der Waals surface area (Å²) in [5.41, 5.74) is 1.61. The summed E-state index contributed by atoms with van der Waals surface area (Å²) in [4.78, 5) is 22.8. The molecular weight excluding hydrogens is 262 g/mol. The normalized spacial score (nSPS) is 10.2. The number of rotatable bonds is 4. The van der Waals surface area contributed by atoms with E-state index < -0.39 is 5.97 Å². The van der Waals surface area contributed by atoms with Gasteiger partial charge >= 0.3 is 5.97 Å². The van der Waals surface area contributed by atoms with E-state index in [1.54, 1.807) is 12.3 Å². The van der Waals surface area contributed by atoms with Gasteiger partial charge in [-0.2, -0.15) is 0 Å². The Bertz CT molecular complexity index is 604. The number of amides is 1. The Morgan fingerprint density at radius 2 is 1.95 bits per heavy atom. The number of nitrogens with one attached hydrogen (secondary N) is 1. The molecule has 0 aliphatic heterocycles. The molecule has 1 aromatic heterocycles. The predicted octanol–water partition coefficient (Wildman–Crippen LogP) is 3.46. The summed E-state index contributed by atoms with van der Waals surface area (Å²) in [6, 6.07) is 9.27. The lowest BCUT2D eigenvalue weighted by molar-refractivity contribution is -0.115. The van der Waals surface area contributed by atoms with Crippen molar-refractivity contribution in [2.45, 2.75) is 13.3 Å². The summed E-state index contributed by atoms with van der Waals surface area (Å²) in [5.74, 6) is -1.23. The van der Waals surface area contributed by atoms with Crippen LogP contribution in [0.3, 0.4) is 0 Å². The van der Waals surface area contributed by atoms with Gasteiger partial charge in [-0.1, -0.05) is 37.3 Å². The van der Waals surface area contributed by atoms with E-state index >= 15 is 0 Å². The Morgan fingerprint density at radius 1 is 1.26 bits per heavy atom. The fraction of sp³-hybridized carbons (Fsp3) is 0.143. The average molecular weight is 275 g/mol. The highest BCUT2D eigenvalue weighted by atomic mass is 32.1. The van der Waals surface area contributed by atoms with Crippen LogP contribution in [0.15, 0.2) is 35.7 Å². The van der Waals surface area contributed by atoms with Gasteiger partial charge in [0.25, 0.3) is 0 Å². The number of anilines is 1. The zero-order valence-electron chi connectivity index (χ0n) is 10.3. The Balaban J connectivity index is 2.46. The van der Waals surface area contributed by atoms with Gasteiger partial charge in [-0.25, -0.2) is 4.79 Å². The first-order chi connectivity index (χ1) is 9.13. The molecule has 1 heterocycles. The molecule has 4 nitrogen and oxygen atoms in total. The Kier molecular flexibility index (Phi) is 3.97. The van der Waals surface area contributed by atoms with Crippen molar-refractivity contribution < 1.29 is 14.7 Å². The molecule has 1 aromatic carbocycles. The van der Waals surface area contributed by atoms with Crippen LogP contribution >= 0.6 is 11.3 Å². The Hall–Kier alpha value is -2.14. The van der Waals surface area contributed by atoms with Crippen LogP contribution < -0.4 is 5.32 Å². The fourth-order valence-corrected chi connectivity index (χ4v) is 2.68. The van der Waals surface area contributed by atoms with Gasteiger partial charge in [0.1, 0.15) is 10.6 Å². The van der Waals surface area contributed by atoms with Crippen LogP contribution in [0.5, 0.6) is 0 Å². The second-order valence-corrected chi connectivity index (χ2v) is 4.81. The highest BCUT2D eigenvalue weighted by molar-refractivity contribution is 7.15. The molecule has 0 atom stereocenters. The van der Waals surface area contributed by atoms with Gasteiger partial charge in [-0.05, 0) is 5.56 Å². The minimum atomic E-state index is -1.04. The van der Waals surface area contributed by atoms with Crippen molar-refractivity contribution in [3.05, 3.63) is 41.3 Å². The van der Waals surface area contributed by atoms with E-state index in [1.807, 2.05) is 30.3 Å². The summed E-state index contributed by atoms with van der Waals surface area (Å²) >= 11 is 1.23. The average Bonchev–Trinajstić information content (AvgIpc) is 2.83. The molecule has 98 valence electrons. The third-order valence-electron chi connectivity index (χ3n) is 2.66. The molecule has 5 heteroatoms. The topological polar surface area (TPSA) is 66.4 Å². The minimum absolute atomic E-state index is 0.151. The zero-order chi connectivity index (χ0) is 13.8. The predicted molar refractivity (Wildman–Crippen MR) is 75.6 cm³/mol. The Morgan fingerprint density at radius 3 is 2.53 bits per heavy atom. The molecular formula is C14H13NO3S. The molecule has 0 fully saturated rings. The van der Waals surface area contributed by atoms with Crippen molar-refractivity contribution in [3.8, 4) is 11.1 Å². The van der Waals surface area contributed by atoms with Gasteiger partial charge in [0, 0.05) is 17.4 Å². The molecule has 0 radical (unpaired) electrons. The number of carbonyl (C=O) groups excluding carboxylic acids is 1. The summed E-state index contributed by atoms with van der Waals surface area (Å²) < 4.78 is 0. The van der Waals surface area contributed by atoms with E-state index in [-0.39, 0.29) is 11.5 Å². The second kappa shape index (κ2) is 5.67. The van der Waals surface area contributed by atoms with Crippen LogP contribution in [0.2, 0.25) is 0 Å². The summed E-state index contributed by atoms with van der Waals surface area (Å²) in [5, 5.41) is 14.1. The monoisotopic (exact) mass is 275 g/mol. The number of carbonyl (C=O) groups is 2. The molecule has 1 amide bonds. The van der Waals surface area contributed by atoms with Gasteiger partial charge in [-0.15, -0.1) is 11.3 Å². The molecule has 19 heavy (non-hydrogen) atoms. The number of hydrogen-bond acceptors (Lipinski definition) is 3. The molecule has 0 saturated heterocycles. The number of thiophene rings is 1. The molecule has 0 saturated carbocycles. The van der Waals surface area contributed by atoms with Crippen LogP contribution in [0, 0.1) is 0 Å². The van der Waals surface area contributed by atoms with Gasteiger partial charge in [0.05, 0.1) is 0 Å². The SMILES string of the molecule is CCC(=O)Nc1scc(-c2ccccc2)c1C(=O)O. The zero-order valence-corrected chi connectivity index (χ0v) is 11.2. The van der Waals surface area contributed by atoms with Crippen LogP contribution in [0.4, 0.5) is 5.00 Å². The largest absolute Gasteiger partial charge is 0.478 e. The van der Waals surface area contributed by atoms with Gasteiger partial charge in [0.2, 0.25) is 5.91 Å². The van der Waals surface area contributed by atoms with E-state index in [0.717, 1.165) is 5.56 Å². The van der Waals surface area contributed by atoms with Crippen molar-refractivity contribution >= 4 is 28.2 Å². The van der Waals surface area contributed by atoms with Crippen molar-refractivity contribution in [2.75, 3.05) is 5.32 Å². The summed E-state index contributed by atoms with van der Waals surface area (Å²) in [7, 11) is 0. The van der Waals surface area contributed by atoms with E-state index in [1.165, 1.54) is 11.3 Å². The highest BCUT2D eigenvalue weighted by Crippen LogP contribution is 2.35.